The number of hydrogen-bond acceptors (Lipinski definition) is 3. The highest BCUT2D eigenvalue weighted by Crippen LogP contribution is 2.20. The summed E-state index contributed by atoms with van der Waals surface area (Å²) >= 11 is 5.89. The smallest absolute Gasteiger partial charge is 0.257 e. The molecule has 0 saturated carbocycles. The Bertz CT molecular complexity index is 652. The SMILES string of the molecule is CNCC1CCCN1C(=O)c1cnn(-c2ccc(Cl)cc2)c1. The number of likely N-dealkylation sites (N-methyl/N-ethyl adjacent to an activating group) is 1. The lowest BCUT2D eigenvalue weighted by Gasteiger charge is -2.23. The molecule has 1 aliphatic rings. The predicted octanol–water partition coefficient (Wildman–Crippen LogP) is 2.35. The Hall–Kier alpha value is -1.85. The Morgan fingerprint density at radius 3 is 2.91 bits per heavy atom. The van der Waals surface area contributed by atoms with E-state index in [4.69, 9.17) is 11.6 Å². The third-order valence-electron chi connectivity index (χ3n) is 4.00. The fraction of sp³-hybridized carbons (Fsp3) is 0.375. The van der Waals surface area contributed by atoms with Crippen molar-refractivity contribution in [1.29, 1.82) is 0 Å². The van der Waals surface area contributed by atoms with Gasteiger partial charge in [0.2, 0.25) is 0 Å². The molecule has 1 N–H and O–H groups in total. The first-order valence-electron chi connectivity index (χ1n) is 7.45. The molecule has 1 fully saturated rings. The van der Waals surface area contributed by atoms with E-state index in [2.05, 4.69) is 10.4 Å². The summed E-state index contributed by atoms with van der Waals surface area (Å²) in [6.07, 6.45) is 5.52. The van der Waals surface area contributed by atoms with Crippen LogP contribution in [0.1, 0.15) is 23.2 Å². The van der Waals surface area contributed by atoms with Gasteiger partial charge in [-0.3, -0.25) is 4.79 Å². The second-order valence-corrected chi connectivity index (χ2v) is 5.94. The third-order valence-corrected chi connectivity index (χ3v) is 4.25. The van der Waals surface area contributed by atoms with Crippen LogP contribution in [0.5, 0.6) is 0 Å². The Labute approximate surface area is 134 Å². The van der Waals surface area contributed by atoms with Crippen molar-refractivity contribution in [3.05, 3.63) is 47.2 Å². The van der Waals surface area contributed by atoms with Crippen molar-refractivity contribution < 1.29 is 4.79 Å². The number of rotatable bonds is 4. The average Bonchev–Trinajstić information content (AvgIpc) is 3.17. The Kier molecular flexibility index (Phi) is 4.45. The lowest BCUT2D eigenvalue weighted by atomic mass is 10.2. The predicted molar refractivity (Wildman–Crippen MR) is 86.6 cm³/mol. The van der Waals surface area contributed by atoms with Crippen LogP contribution in [0, 0.1) is 0 Å². The van der Waals surface area contributed by atoms with Gasteiger partial charge >= 0.3 is 0 Å². The molecule has 1 atom stereocenters. The van der Waals surface area contributed by atoms with Crippen molar-refractivity contribution in [2.24, 2.45) is 0 Å². The molecule has 22 heavy (non-hydrogen) atoms. The van der Waals surface area contributed by atoms with Crippen LogP contribution >= 0.6 is 11.6 Å². The van der Waals surface area contributed by atoms with Crippen LogP contribution in [-0.4, -0.2) is 46.8 Å². The number of nitrogens with one attached hydrogen (secondary N) is 1. The number of likely N-dealkylation sites (tertiary alicyclic amines) is 1. The molecule has 2 aromatic rings. The van der Waals surface area contributed by atoms with Gasteiger partial charge in [0, 0.05) is 30.4 Å². The van der Waals surface area contributed by atoms with E-state index in [1.807, 2.05) is 36.2 Å². The Morgan fingerprint density at radius 1 is 1.41 bits per heavy atom. The van der Waals surface area contributed by atoms with E-state index >= 15 is 0 Å². The van der Waals surface area contributed by atoms with Gasteiger partial charge in [-0.15, -0.1) is 0 Å². The summed E-state index contributed by atoms with van der Waals surface area (Å²) in [4.78, 5) is 14.6. The van der Waals surface area contributed by atoms with E-state index in [-0.39, 0.29) is 11.9 Å². The number of carbonyl (C=O) groups is 1. The molecule has 1 aliphatic heterocycles. The summed E-state index contributed by atoms with van der Waals surface area (Å²) in [5, 5.41) is 8.12. The number of nitrogens with zero attached hydrogens (tertiary/aromatic N) is 3. The van der Waals surface area contributed by atoms with Gasteiger partial charge in [0.25, 0.3) is 5.91 Å². The monoisotopic (exact) mass is 318 g/mol. The van der Waals surface area contributed by atoms with Crippen LogP contribution in [0.25, 0.3) is 5.69 Å². The standard InChI is InChI=1S/C16H19ClN4O/c1-18-10-15-3-2-8-20(15)16(22)12-9-19-21(11-12)14-6-4-13(17)5-7-14/h4-7,9,11,15,18H,2-3,8,10H2,1H3. The largest absolute Gasteiger partial charge is 0.334 e. The van der Waals surface area contributed by atoms with Crippen molar-refractivity contribution in [3.63, 3.8) is 0 Å². The molecule has 6 heteroatoms. The first-order valence-corrected chi connectivity index (χ1v) is 7.83. The fourth-order valence-electron chi connectivity index (χ4n) is 2.89. The number of aromatic nitrogens is 2. The summed E-state index contributed by atoms with van der Waals surface area (Å²) in [7, 11) is 1.92. The number of carbonyl (C=O) groups excluding carboxylic acids is 1. The van der Waals surface area contributed by atoms with Crippen molar-refractivity contribution in [2.45, 2.75) is 18.9 Å². The lowest BCUT2D eigenvalue weighted by Crippen LogP contribution is -2.40. The molecule has 0 radical (unpaired) electrons. The molecule has 116 valence electrons. The molecule has 1 amide bonds. The highest BCUT2D eigenvalue weighted by atomic mass is 35.5. The third kappa shape index (κ3) is 3.00. The molecule has 2 heterocycles. The van der Waals surface area contributed by atoms with Crippen LogP contribution in [0.4, 0.5) is 0 Å². The Morgan fingerprint density at radius 2 is 2.18 bits per heavy atom. The maximum absolute atomic E-state index is 12.7. The zero-order chi connectivity index (χ0) is 15.5. The van der Waals surface area contributed by atoms with Gasteiger partial charge < -0.3 is 10.2 Å². The molecule has 1 saturated heterocycles. The topological polar surface area (TPSA) is 50.2 Å². The van der Waals surface area contributed by atoms with Crippen molar-refractivity contribution in [1.82, 2.24) is 20.0 Å². The highest BCUT2D eigenvalue weighted by molar-refractivity contribution is 6.30. The minimum atomic E-state index is 0.0537. The van der Waals surface area contributed by atoms with E-state index in [0.717, 1.165) is 31.6 Å². The fourth-order valence-corrected chi connectivity index (χ4v) is 3.01. The highest BCUT2D eigenvalue weighted by Gasteiger charge is 2.29. The van der Waals surface area contributed by atoms with Gasteiger partial charge in [0.05, 0.1) is 17.4 Å². The molecule has 5 nitrogen and oxygen atoms in total. The Balaban J connectivity index is 1.78. The second kappa shape index (κ2) is 6.50. The number of halogens is 1. The summed E-state index contributed by atoms with van der Waals surface area (Å²) < 4.78 is 1.70. The zero-order valence-corrected chi connectivity index (χ0v) is 13.3. The molecule has 0 spiro atoms. The van der Waals surface area contributed by atoms with Gasteiger partial charge in [-0.25, -0.2) is 4.68 Å². The van der Waals surface area contributed by atoms with Gasteiger partial charge in [-0.2, -0.15) is 5.10 Å². The van der Waals surface area contributed by atoms with E-state index in [0.29, 0.717) is 10.6 Å². The first kappa shape index (κ1) is 15.1. The lowest BCUT2D eigenvalue weighted by molar-refractivity contribution is 0.0737. The van der Waals surface area contributed by atoms with Gasteiger partial charge in [-0.05, 0) is 44.2 Å². The molecule has 0 bridgehead atoms. The van der Waals surface area contributed by atoms with Gasteiger partial charge in [0.15, 0.2) is 0 Å². The number of benzene rings is 1. The quantitative estimate of drug-likeness (QED) is 0.941. The molecular formula is C16H19ClN4O. The number of hydrogen-bond donors (Lipinski definition) is 1. The van der Waals surface area contributed by atoms with Crippen LogP contribution < -0.4 is 5.32 Å². The zero-order valence-electron chi connectivity index (χ0n) is 12.5. The van der Waals surface area contributed by atoms with E-state index in [1.54, 1.807) is 17.1 Å². The van der Waals surface area contributed by atoms with Crippen LogP contribution in [0.3, 0.4) is 0 Å². The molecule has 1 aromatic carbocycles. The van der Waals surface area contributed by atoms with Crippen LogP contribution in [0.15, 0.2) is 36.7 Å². The number of amides is 1. The maximum atomic E-state index is 12.7. The van der Waals surface area contributed by atoms with Gasteiger partial charge in [-0.1, -0.05) is 11.6 Å². The van der Waals surface area contributed by atoms with E-state index in [1.165, 1.54) is 0 Å². The second-order valence-electron chi connectivity index (χ2n) is 5.50. The summed E-state index contributed by atoms with van der Waals surface area (Å²) in [6, 6.07) is 7.65. The minimum Gasteiger partial charge on any atom is -0.334 e. The van der Waals surface area contributed by atoms with Crippen LogP contribution in [0.2, 0.25) is 5.02 Å². The maximum Gasteiger partial charge on any atom is 0.257 e. The van der Waals surface area contributed by atoms with Crippen LogP contribution in [-0.2, 0) is 0 Å². The minimum absolute atomic E-state index is 0.0537. The van der Waals surface area contributed by atoms with E-state index < -0.39 is 0 Å². The molecule has 3 rings (SSSR count). The average molecular weight is 319 g/mol. The molecular weight excluding hydrogens is 300 g/mol. The normalized spacial score (nSPS) is 17.9. The summed E-state index contributed by atoms with van der Waals surface area (Å²) in [5.74, 6) is 0.0537. The summed E-state index contributed by atoms with van der Waals surface area (Å²) in [5.41, 5.74) is 1.51. The van der Waals surface area contributed by atoms with Crippen molar-refractivity contribution in [3.8, 4) is 5.69 Å². The summed E-state index contributed by atoms with van der Waals surface area (Å²) in [6.45, 7) is 1.65. The first-order chi connectivity index (χ1) is 10.7. The van der Waals surface area contributed by atoms with Gasteiger partial charge in [0.1, 0.15) is 0 Å². The van der Waals surface area contributed by atoms with E-state index in [9.17, 15) is 4.79 Å². The molecule has 1 unspecified atom stereocenters. The van der Waals surface area contributed by atoms with Crippen molar-refractivity contribution in [2.75, 3.05) is 20.1 Å². The van der Waals surface area contributed by atoms with Crippen molar-refractivity contribution >= 4 is 17.5 Å². The molecule has 0 aliphatic carbocycles. The molecule has 1 aromatic heterocycles.